The van der Waals surface area contributed by atoms with Crippen molar-refractivity contribution in [3.8, 4) is 0 Å². The van der Waals surface area contributed by atoms with Crippen LogP contribution in [0, 0.1) is 3.57 Å². The lowest BCUT2D eigenvalue weighted by atomic mass is 10.2. The van der Waals surface area contributed by atoms with Crippen LogP contribution in [0.2, 0.25) is 0 Å². The van der Waals surface area contributed by atoms with Crippen LogP contribution < -0.4 is 5.32 Å². The predicted molar refractivity (Wildman–Crippen MR) is 84.3 cm³/mol. The van der Waals surface area contributed by atoms with Gasteiger partial charge in [0.15, 0.2) is 0 Å². The molecule has 0 bridgehead atoms. The molecule has 1 N–H and O–H groups in total. The minimum atomic E-state index is -0.106. The second-order valence-electron chi connectivity index (χ2n) is 4.09. The lowest BCUT2D eigenvalue weighted by Crippen LogP contribution is -2.11. The van der Waals surface area contributed by atoms with Crippen LogP contribution in [0.15, 0.2) is 48.5 Å². The number of methoxy groups -OCH3 is 1. The van der Waals surface area contributed by atoms with Crippen LogP contribution in [-0.2, 0) is 11.3 Å². The van der Waals surface area contributed by atoms with E-state index in [1.54, 1.807) is 7.11 Å². The molecule has 0 saturated carbocycles. The number of benzene rings is 2. The Hall–Kier alpha value is -1.40. The van der Waals surface area contributed by atoms with E-state index in [4.69, 9.17) is 4.74 Å². The van der Waals surface area contributed by atoms with E-state index in [0.717, 1.165) is 14.8 Å². The molecule has 0 atom stereocenters. The molecule has 0 aliphatic carbocycles. The molecule has 0 unspecified atom stereocenters. The molecular weight excluding hydrogens is 353 g/mol. The number of carbonyl (C=O) groups excluding carboxylic acids is 1. The summed E-state index contributed by atoms with van der Waals surface area (Å²) >= 11 is 2.21. The van der Waals surface area contributed by atoms with Gasteiger partial charge in [-0.3, -0.25) is 4.79 Å². The van der Waals surface area contributed by atoms with E-state index < -0.39 is 0 Å². The van der Waals surface area contributed by atoms with Gasteiger partial charge in [-0.25, -0.2) is 0 Å². The standard InChI is InChI=1S/C15H14INO2/c1-19-10-11-3-2-4-14(9-11)17-15(18)12-5-7-13(16)8-6-12/h2-9H,10H2,1H3,(H,17,18). The molecule has 0 fully saturated rings. The largest absolute Gasteiger partial charge is 0.380 e. The maximum atomic E-state index is 12.0. The van der Waals surface area contributed by atoms with E-state index in [1.165, 1.54) is 0 Å². The number of rotatable bonds is 4. The highest BCUT2D eigenvalue weighted by Crippen LogP contribution is 2.14. The monoisotopic (exact) mass is 367 g/mol. The molecule has 1 amide bonds. The Morgan fingerprint density at radius 1 is 1.21 bits per heavy atom. The van der Waals surface area contributed by atoms with Crippen LogP contribution in [0.4, 0.5) is 5.69 Å². The molecule has 98 valence electrons. The highest BCUT2D eigenvalue weighted by atomic mass is 127. The van der Waals surface area contributed by atoms with E-state index in [2.05, 4.69) is 27.9 Å². The summed E-state index contributed by atoms with van der Waals surface area (Å²) in [5, 5.41) is 2.88. The van der Waals surface area contributed by atoms with Crippen molar-refractivity contribution < 1.29 is 9.53 Å². The number of halogens is 1. The first kappa shape index (κ1) is 14.0. The Balaban J connectivity index is 2.10. The fraction of sp³-hybridized carbons (Fsp3) is 0.133. The number of amides is 1. The van der Waals surface area contributed by atoms with Gasteiger partial charge < -0.3 is 10.1 Å². The fourth-order valence-electron chi connectivity index (χ4n) is 1.71. The Bertz CT molecular complexity index is 567. The van der Waals surface area contributed by atoms with Gasteiger partial charge in [0, 0.05) is 21.9 Å². The molecule has 2 rings (SSSR count). The van der Waals surface area contributed by atoms with Crippen LogP contribution in [-0.4, -0.2) is 13.0 Å². The molecule has 0 saturated heterocycles. The highest BCUT2D eigenvalue weighted by Gasteiger charge is 2.06. The van der Waals surface area contributed by atoms with Crippen LogP contribution in [0.5, 0.6) is 0 Å². The zero-order chi connectivity index (χ0) is 13.7. The molecule has 0 spiro atoms. The van der Waals surface area contributed by atoms with Gasteiger partial charge in [-0.1, -0.05) is 12.1 Å². The van der Waals surface area contributed by atoms with Crippen LogP contribution in [0.1, 0.15) is 15.9 Å². The molecule has 19 heavy (non-hydrogen) atoms. The van der Waals surface area contributed by atoms with Gasteiger partial charge in [0.05, 0.1) is 6.61 Å². The summed E-state index contributed by atoms with van der Waals surface area (Å²) in [7, 11) is 1.65. The average molecular weight is 367 g/mol. The maximum Gasteiger partial charge on any atom is 0.255 e. The number of hydrogen-bond acceptors (Lipinski definition) is 2. The zero-order valence-electron chi connectivity index (χ0n) is 10.5. The Morgan fingerprint density at radius 3 is 2.63 bits per heavy atom. The van der Waals surface area contributed by atoms with Crippen molar-refractivity contribution in [2.24, 2.45) is 0 Å². The Labute approximate surface area is 126 Å². The Morgan fingerprint density at radius 2 is 1.95 bits per heavy atom. The molecular formula is C15H14INO2. The molecule has 3 nitrogen and oxygen atoms in total. The second kappa shape index (κ2) is 6.68. The van der Waals surface area contributed by atoms with E-state index in [-0.39, 0.29) is 5.91 Å². The van der Waals surface area contributed by atoms with Crippen LogP contribution >= 0.6 is 22.6 Å². The summed E-state index contributed by atoms with van der Waals surface area (Å²) in [6, 6.07) is 15.1. The van der Waals surface area contributed by atoms with Crippen molar-refractivity contribution in [2.75, 3.05) is 12.4 Å². The van der Waals surface area contributed by atoms with Gasteiger partial charge in [-0.05, 0) is 64.6 Å². The number of hydrogen-bond donors (Lipinski definition) is 1. The molecule has 0 radical (unpaired) electrons. The third kappa shape index (κ3) is 4.04. The van der Waals surface area contributed by atoms with Gasteiger partial charge in [0.2, 0.25) is 0 Å². The summed E-state index contributed by atoms with van der Waals surface area (Å²) in [6.07, 6.45) is 0. The van der Waals surface area contributed by atoms with Crippen molar-refractivity contribution in [1.29, 1.82) is 0 Å². The molecule has 0 aliphatic heterocycles. The van der Waals surface area contributed by atoms with E-state index in [9.17, 15) is 4.79 Å². The maximum absolute atomic E-state index is 12.0. The lowest BCUT2D eigenvalue weighted by molar-refractivity contribution is 0.102. The van der Waals surface area contributed by atoms with E-state index in [0.29, 0.717) is 12.2 Å². The number of anilines is 1. The first-order chi connectivity index (χ1) is 9.19. The third-order valence-corrected chi connectivity index (χ3v) is 3.32. The van der Waals surface area contributed by atoms with Crippen molar-refractivity contribution in [2.45, 2.75) is 6.61 Å². The van der Waals surface area contributed by atoms with Gasteiger partial charge in [0.25, 0.3) is 5.91 Å². The summed E-state index contributed by atoms with van der Waals surface area (Å²) in [6.45, 7) is 0.535. The smallest absolute Gasteiger partial charge is 0.255 e. The molecule has 2 aromatic carbocycles. The molecule has 2 aromatic rings. The van der Waals surface area contributed by atoms with E-state index >= 15 is 0 Å². The first-order valence-electron chi connectivity index (χ1n) is 5.84. The molecule has 4 heteroatoms. The summed E-state index contributed by atoms with van der Waals surface area (Å²) in [5.74, 6) is -0.106. The zero-order valence-corrected chi connectivity index (χ0v) is 12.7. The topological polar surface area (TPSA) is 38.3 Å². The second-order valence-corrected chi connectivity index (χ2v) is 5.34. The summed E-state index contributed by atoms with van der Waals surface area (Å²) in [5.41, 5.74) is 2.46. The van der Waals surface area contributed by atoms with Gasteiger partial charge >= 0.3 is 0 Å². The van der Waals surface area contributed by atoms with Crippen LogP contribution in [0.25, 0.3) is 0 Å². The minimum Gasteiger partial charge on any atom is -0.380 e. The number of carbonyl (C=O) groups is 1. The van der Waals surface area contributed by atoms with Crippen molar-refractivity contribution in [1.82, 2.24) is 0 Å². The predicted octanol–water partition coefficient (Wildman–Crippen LogP) is 3.69. The van der Waals surface area contributed by atoms with Gasteiger partial charge in [0.1, 0.15) is 0 Å². The molecule has 0 aromatic heterocycles. The summed E-state index contributed by atoms with van der Waals surface area (Å²) < 4.78 is 6.18. The summed E-state index contributed by atoms with van der Waals surface area (Å²) in [4.78, 5) is 12.0. The first-order valence-corrected chi connectivity index (χ1v) is 6.92. The van der Waals surface area contributed by atoms with Gasteiger partial charge in [-0.2, -0.15) is 0 Å². The average Bonchev–Trinajstić information content (AvgIpc) is 2.40. The SMILES string of the molecule is COCc1cccc(NC(=O)c2ccc(I)cc2)c1. The van der Waals surface area contributed by atoms with Crippen LogP contribution in [0.3, 0.4) is 0 Å². The third-order valence-electron chi connectivity index (χ3n) is 2.60. The van der Waals surface area contributed by atoms with Gasteiger partial charge in [-0.15, -0.1) is 0 Å². The molecule has 0 aliphatic rings. The highest BCUT2D eigenvalue weighted by molar-refractivity contribution is 14.1. The van der Waals surface area contributed by atoms with Crippen molar-refractivity contribution in [3.63, 3.8) is 0 Å². The lowest BCUT2D eigenvalue weighted by Gasteiger charge is -2.07. The minimum absolute atomic E-state index is 0.106. The normalized spacial score (nSPS) is 10.2. The van der Waals surface area contributed by atoms with Crippen molar-refractivity contribution in [3.05, 3.63) is 63.2 Å². The number of nitrogens with one attached hydrogen (secondary N) is 1. The number of ether oxygens (including phenoxy) is 1. The quantitative estimate of drug-likeness (QED) is 0.838. The van der Waals surface area contributed by atoms with E-state index in [1.807, 2.05) is 48.5 Å². The fourth-order valence-corrected chi connectivity index (χ4v) is 2.07. The van der Waals surface area contributed by atoms with Crippen molar-refractivity contribution >= 4 is 34.2 Å². The molecule has 0 heterocycles. The Kier molecular flexibility index (Phi) is 4.93.